The molecular weight excluding hydrogens is 267 g/mol. The highest BCUT2D eigenvalue weighted by atomic mass is 35.5. The first-order chi connectivity index (χ1) is 7.99. The van der Waals surface area contributed by atoms with E-state index < -0.39 is 15.8 Å². The first kappa shape index (κ1) is 11.3. The molecule has 0 aromatic heterocycles. The van der Waals surface area contributed by atoms with E-state index in [1.54, 1.807) is 0 Å². The summed E-state index contributed by atoms with van der Waals surface area (Å²) in [6, 6.07) is 2.68. The van der Waals surface area contributed by atoms with Gasteiger partial charge in [0.15, 0.2) is 0 Å². The van der Waals surface area contributed by atoms with E-state index >= 15 is 0 Å². The van der Waals surface area contributed by atoms with Gasteiger partial charge in [-0.05, 0) is 18.9 Å². The van der Waals surface area contributed by atoms with Gasteiger partial charge in [0.05, 0.1) is 17.4 Å². The van der Waals surface area contributed by atoms with E-state index in [1.807, 2.05) is 4.90 Å². The van der Waals surface area contributed by atoms with Crippen molar-refractivity contribution in [1.82, 2.24) is 4.72 Å². The molecule has 3 rings (SSSR count). The third-order valence-corrected chi connectivity index (χ3v) is 4.72. The normalized spacial score (nSPS) is 22.4. The van der Waals surface area contributed by atoms with Crippen LogP contribution in [-0.4, -0.2) is 21.1 Å². The van der Waals surface area contributed by atoms with E-state index in [9.17, 15) is 12.8 Å². The Morgan fingerprint density at radius 2 is 2.12 bits per heavy atom. The van der Waals surface area contributed by atoms with Crippen molar-refractivity contribution < 1.29 is 12.8 Å². The molecule has 1 N–H and O–H groups in total. The van der Waals surface area contributed by atoms with Gasteiger partial charge in [0.2, 0.25) is 10.0 Å². The molecule has 17 heavy (non-hydrogen) atoms. The summed E-state index contributed by atoms with van der Waals surface area (Å²) in [6.45, 7) is 0.196. The van der Waals surface area contributed by atoms with Gasteiger partial charge in [0.1, 0.15) is 10.7 Å². The molecule has 1 aromatic carbocycles. The van der Waals surface area contributed by atoms with Crippen LogP contribution in [0.2, 0.25) is 5.02 Å². The summed E-state index contributed by atoms with van der Waals surface area (Å²) in [7, 11) is -3.56. The Hall–Kier alpha value is -0.850. The second-order valence-electron chi connectivity index (χ2n) is 4.24. The molecule has 0 bridgehead atoms. The van der Waals surface area contributed by atoms with Crippen LogP contribution in [0.5, 0.6) is 0 Å². The third kappa shape index (κ3) is 1.80. The molecule has 1 fully saturated rings. The zero-order chi connectivity index (χ0) is 12.2. The quantitative estimate of drug-likeness (QED) is 0.849. The summed E-state index contributed by atoms with van der Waals surface area (Å²) in [4.78, 5) is 1.93. The van der Waals surface area contributed by atoms with Gasteiger partial charge >= 0.3 is 0 Å². The molecule has 0 atom stereocenters. The van der Waals surface area contributed by atoms with E-state index in [1.165, 1.54) is 12.1 Å². The Balaban J connectivity index is 2.20. The Morgan fingerprint density at radius 1 is 1.41 bits per heavy atom. The number of nitrogens with one attached hydrogen (secondary N) is 1. The van der Waals surface area contributed by atoms with Crippen LogP contribution in [-0.2, 0) is 10.0 Å². The lowest BCUT2D eigenvalue weighted by Crippen LogP contribution is -2.44. The molecule has 0 unspecified atom stereocenters. The lowest BCUT2D eigenvalue weighted by atomic mass is 10.2. The first-order valence-corrected chi connectivity index (χ1v) is 7.10. The highest BCUT2D eigenvalue weighted by molar-refractivity contribution is 7.89. The Labute approximate surface area is 103 Å². The van der Waals surface area contributed by atoms with E-state index in [0.717, 1.165) is 12.8 Å². The molecule has 0 saturated heterocycles. The number of rotatable bonds is 1. The number of halogens is 2. The van der Waals surface area contributed by atoms with Crippen molar-refractivity contribution in [2.24, 2.45) is 0 Å². The van der Waals surface area contributed by atoms with Crippen LogP contribution in [0.4, 0.5) is 10.1 Å². The molecule has 4 nitrogen and oxygen atoms in total. The number of fused-ring (bicyclic) bond motifs is 1. The van der Waals surface area contributed by atoms with Gasteiger partial charge in [-0.25, -0.2) is 12.8 Å². The maximum Gasteiger partial charge on any atom is 0.244 e. The highest BCUT2D eigenvalue weighted by Crippen LogP contribution is 2.39. The van der Waals surface area contributed by atoms with E-state index in [2.05, 4.69) is 4.72 Å². The first-order valence-electron chi connectivity index (χ1n) is 5.24. The van der Waals surface area contributed by atoms with Crippen molar-refractivity contribution in [1.29, 1.82) is 0 Å². The van der Waals surface area contributed by atoms with Gasteiger partial charge in [0.25, 0.3) is 0 Å². The zero-order valence-electron chi connectivity index (χ0n) is 8.78. The molecule has 1 saturated carbocycles. The second kappa shape index (κ2) is 3.57. The van der Waals surface area contributed by atoms with Crippen molar-refractivity contribution in [3.8, 4) is 0 Å². The summed E-state index contributed by atoms with van der Waals surface area (Å²) in [5, 5.41) is -0.174. The number of anilines is 1. The van der Waals surface area contributed by atoms with Crippen LogP contribution >= 0.6 is 11.6 Å². The van der Waals surface area contributed by atoms with Crippen LogP contribution in [0.15, 0.2) is 17.0 Å². The van der Waals surface area contributed by atoms with Gasteiger partial charge in [-0.2, -0.15) is 4.72 Å². The average Bonchev–Trinajstić information content (AvgIpc) is 3.05. The van der Waals surface area contributed by atoms with Crippen molar-refractivity contribution in [3.05, 3.63) is 23.0 Å². The summed E-state index contributed by atoms with van der Waals surface area (Å²) in [5.74, 6) is -0.590. The third-order valence-electron chi connectivity index (χ3n) is 3.01. The monoisotopic (exact) mass is 276 g/mol. The Bertz CT molecular complexity index is 586. The largest absolute Gasteiger partial charge is 0.354 e. The summed E-state index contributed by atoms with van der Waals surface area (Å²) < 4.78 is 39.5. The molecule has 0 radical (unpaired) electrons. The standard InChI is InChI=1S/C10H10ClFN2O2S/c11-7-3-10-9(4-8(7)12)14(6-1-2-6)5-13-17(10,15)16/h3-4,6,13H,1-2,5H2. The molecular formula is C10H10ClFN2O2S. The van der Waals surface area contributed by atoms with Crippen molar-refractivity contribution in [2.75, 3.05) is 11.6 Å². The minimum atomic E-state index is -3.56. The molecule has 1 aliphatic heterocycles. The molecule has 2 aliphatic rings. The van der Waals surface area contributed by atoms with Crippen molar-refractivity contribution in [2.45, 2.75) is 23.8 Å². The fourth-order valence-electron chi connectivity index (χ4n) is 1.99. The number of nitrogens with zero attached hydrogens (tertiary/aromatic N) is 1. The average molecular weight is 277 g/mol. The van der Waals surface area contributed by atoms with Gasteiger partial charge in [-0.3, -0.25) is 0 Å². The molecule has 1 heterocycles. The predicted molar refractivity (Wildman–Crippen MR) is 62.1 cm³/mol. The smallest absolute Gasteiger partial charge is 0.244 e. The van der Waals surface area contributed by atoms with Crippen LogP contribution < -0.4 is 9.62 Å². The number of hydrogen-bond donors (Lipinski definition) is 1. The lowest BCUT2D eigenvalue weighted by Gasteiger charge is -2.31. The fourth-order valence-corrected chi connectivity index (χ4v) is 3.40. The maximum atomic E-state index is 13.4. The van der Waals surface area contributed by atoms with Gasteiger partial charge in [-0.1, -0.05) is 11.6 Å². The maximum absolute atomic E-state index is 13.4. The second-order valence-corrected chi connectivity index (χ2v) is 6.38. The molecule has 1 aromatic rings. The molecule has 92 valence electrons. The van der Waals surface area contributed by atoms with Crippen LogP contribution in [0.3, 0.4) is 0 Å². The highest BCUT2D eigenvalue weighted by Gasteiger charge is 2.37. The topological polar surface area (TPSA) is 49.4 Å². The molecule has 7 heteroatoms. The van der Waals surface area contributed by atoms with E-state index in [-0.39, 0.29) is 16.6 Å². The zero-order valence-corrected chi connectivity index (χ0v) is 10.4. The number of hydrogen-bond acceptors (Lipinski definition) is 3. The minimum Gasteiger partial charge on any atom is -0.354 e. The van der Waals surface area contributed by atoms with Gasteiger partial charge < -0.3 is 4.90 Å². The van der Waals surface area contributed by atoms with Gasteiger partial charge in [-0.15, -0.1) is 0 Å². The van der Waals surface area contributed by atoms with E-state index in [0.29, 0.717) is 11.7 Å². The van der Waals surface area contributed by atoms with Crippen LogP contribution in [0.25, 0.3) is 0 Å². The molecule has 0 spiro atoms. The minimum absolute atomic E-state index is 0.0575. The van der Waals surface area contributed by atoms with Crippen LogP contribution in [0, 0.1) is 5.82 Å². The summed E-state index contributed by atoms with van der Waals surface area (Å²) in [6.07, 6.45) is 2.01. The summed E-state index contributed by atoms with van der Waals surface area (Å²) >= 11 is 5.63. The summed E-state index contributed by atoms with van der Waals surface area (Å²) in [5.41, 5.74) is 0.410. The number of sulfonamides is 1. The fraction of sp³-hybridized carbons (Fsp3) is 0.400. The van der Waals surface area contributed by atoms with Gasteiger partial charge in [0, 0.05) is 12.1 Å². The Morgan fingerprint density at radius 3 is 2.76 bits per heavy atom. The predicted octanol–water partition coefficient (Wildman–Crippen LogP) is 1.70. The SMILES string of the molecule is O=S1(=O)NCN(C2CC2)c2cc(F)c(Cl)cc21. The van der Waals surface area contributed by atoms with Crippen molar-refractivity contribution in [3.63, 3.8) is 0 Å². The lowest BCUT2D eigenvalue weighted by molar-refractivity contribution is 0.567. The molecule has 1 aliphatic carbocycles. The van der Waals surface area contributed by atoms with E-state index in [4.69, 9.17) is 11.6 Å². The van der Waals surface area contributed by atoms with Crippen molar-refractivity contribution >= 4 is 27.3 Å². The molecule has 0 amide bonds. The van der Waals surface area contributed by atoms with Crippen LogP contribution in [0.1, 0.15) is 12.8 Å². The Kier molecular flexibility index (Phi) is 2.36. The number of benzene rings is 1.